The summed E-state index contributed by atoms with van der Waals surface area (Å²) < 4.78 is 5.58. The molecule has 112 valence electrons. The van der Waals surface area contributed by atoms with Crippen LogP contribution in [0.2, 0.25) is 0 Å². The van der Waals surface area contributed by atoms with Crippen molar-refractivity contribution >= 4 is 0 Å². The van der Waals surface area contributed by atoms with Crippen molar-refractivity contribution in [2.45, 2.75) is 25.7 Å². The minimum absolute atomic E-state index is 0.365. The second-order valence-electron chi connectivity index (χ2n) is 5.51. The van der Waals surface area contributed by atoms with Crippen LogP contribution >= 0.6 is 0 Å². The fraction of sp³-hybridized carbons (Fsp3) is 0.438. The first-order valence-electron chi connectivity index (χ1n) is 7.34. The summed E-state index contributed by atoms with van der Waals surface area (Å²) in [7, 11) is 0. The average molecular weight is 287 g/mol. The Bertz CT molecular complexity index is 556. The molecule has 1 aliphatic heterocycles. The molecule has 0 aliphatic carbocycles. The van der Waals surface area contributed by atoms with Crippen LogP contribution in [0.1, 0.15) is 16.8 Å². The lowest BCUT2D eigenvalue weighted by molar-refractivity contribution is 0.00770. The number of aliphatic hydroxyl groups is 1. The van der Waals surface area contributed by atoms with Crippen molar-refractivity contribution in [3.05, 3.63) is 53.3 Å². The molecule has 1 aliphatic rings. The molecule has 1 unspecified atom stereocenters. The van der Waals surface area contributed by atoms with E-state index in [1.54, 1.807) is 0 Å². The number of aliphatic hydroxyl groups excluding tert-OH is 1. The fourth-order valence-electron chi connectivity index (χ4n) is 2.67. The van der Waals surface area contributed by atoms with Gasteiger partial charge in [-0.25, -0.2) is 0 Å². The Labute approximate surface area is 124 Å². The van der Waals surface area contributed by atoms with Crippen molar-refractivity contribution in [1.82, 2.24) is 15.1 Å². The number of ether oxygens (including phenoxy) is 1. The third-order valence-corrected chi connectivity index (χ3v) is 3.77. The maximum atomic E-state index is 10.1. The molecule has 0 fully saturated rings. The van der Waals surface area contributed by atoms with Crippen molar-refractivity contribution in [2.75, 3.05) is 19.7 Å². The lowest BCUT2D eigenvalue weighted by Gasteiger charge is -2.28. The third kappa shape index (κ3) is 3.91. The normalized spacial score (nSPS) is 16.6. The smallest absolute Gasteiger partial charge is 0.0900 e. The first-order valence-corrected chi connectivity index (χ1v) is 7.34. The Hall–Kier alpha value is -1.69. The number of β-amino-alcohol motifs (C(OH)–C–C–N with tert-alkyl or cyclic N) is 1. The number of hydrogen-bond acceptors (Lipinski definition) is 4. The standard InChI is InChI=1S/C16H21N3O2/c20-15(12-21-11-13-4-2-1-3-5-13)10-19-7-6-16-14(9-19)8-17-18-16/h1-5,8,15,20H,6-7,9-12H2,(H,17,18). The van der Waals surface area contributed by atoms with Crippen LogP contribution in [0.5, 0.6) is 0 Å². The fourth-order valence-corrected chi connectivity index (χ4v) is 2.67. The molecule has 1 atom stereocenters. The molecule has 0 saturated heterocycles. The highest BCUT2D eigenvalue weighted by atomic mass is 16.5. The molecule has 0 amide bonds. The number of aromatic nitrogens is 2. The van der Waals surface area contributed by atoms with Gasteiger partial charge in [-0.1, -0.05) is 30.3 Å². The molecular weight excluding hydrogens is 266 g/mol. The van der Waals surface area contributed by atoms with Crippen LogP contribution in [0, 0.1) is 0 Å². The quantitative estimate of drug-likeness (QED) is 0.842. The number of nitrogens with zero attached hydrogens (tertiary/aromatic N) is 2. The Morgan fingerprint density at radius 2 is 2.19 bits per heavy atom. The number of benzene rings is 1. The minimum atomic E-state index is -0.456. The SMILES string of the molecule is OC(COCc1ccccc1)CN1CCc2[nH]ncc2C1. The summed E-state index contributed by atoms with van der Waals surface area (Å²) in [6.07, 6.45) is 2.38. The topological polar surface area (TPSA) is 61.4 Å². The van der Waals surface area contributed by atoms with Crippen LogP contribution in [0.3, 0.4) is 0 Å². The van der Waals surface area contributed by atoms with Gasteiger partial charge >= 0.3 is 0 Å². The van der Waals surface area contributed by atoms with Crippen LogP contribution in [0.25, 0.3) is 0 Å². The summed E-state index contributed by atoms with van der Waals surface area (Å²) in [6.45, 7) is 3.35. The van der Waals surface area contributed by atoms with Gasteiger partial charge in [-0.05, 0) is 5.56 Å². The van der Waals surface area contributed by atoms with Crippen LogP contribution in [0.15, 0.2) is 36.5 Å². The van der Waals surface area contributed by atoms with Crippen LogP contribution in [0.4, 0.5) is 0 Å². The summed E-state index contributed by atoms with van der Waals surface area (Å²) in [4.78, 5) is 2.24. The van der Waals surface area contributed by atoms with E-state index in [-0.39, 0.29) is 0 Å². The Morgan fingerprint density at radius 3 is 3.05 bits per heavy atom. The lowest BCUT2D eigenvalue weighted by atomic mass is 10.1. The molecule has 0 bridgehead atoms. The van der Waals surface area contributed by atoms with Gasteiger partial charge in [-0.2, -0.15) is 5.10 Å². The van der Waals surface area contributed by atoms with Gasteiger partial charge in [0.15, 0.2) is 0 Å². The average Bonchev–Trinajstić information content (AvgIpc) is 2.96. The Kier molecular flexibility index (Phi) is 4.65. The minimum Gasteiger partial charge on any atom is -0.389 e. The molecule has 2 N–H and O–H groups in total. The van der Waals surface area contributed by atoms with Crippen LogP contribution < -0.4 is 0 Å². The van der Waals surface area contributed by atoms with Crippen molar-refractivity contribution in [3.63, 3.8) is 0 Å². The van der Waals surface area contributed by atoms with E-state index in [2.05, 4.69) is 15.1 Å². The Morgan fingerprint density at radius 1 is 1.33 bits per heavy atom. The summed E-state index contributed by atoms with van der Waals surface area (Å²) in [5, 5.41) is 17.2. The van der Waals surface area contributed by atoms with Crippen molar-refractivity contribution < 1.29 is 9.84 Å². The van der Waals surface area contributed by atoms with Crippen LogP contribution in [-0.4, -0.2) is 46.0 Å². The lowest BCUT2D eigenvalue weighted by Crippen LogP contribution is -2.38. The van der Waals surface area contributed by atoms with E-state index in [1.165, 1.54) is 11.3 Å². The maximum Gasteiger partial charge on any atom is 0.0900 e. The first kappa shape index (κ1) is 14.3. The molecule has 0 saturated carbocycles. The number of aromatic amines is 1. The highest BCUT2D eigenvalue weighted by molar-refractivity contribution is 5.19. The molecule has 0 spiro atoms. The summed E-state index contributed by atoms with van der Waals surface area (Å²) in [5.74, 6) is 0. The zero-order valence-corrected chi connectivity index (χ0v) is 12.0. The van der Waals surface area contributed by atoms with E-state index in [4.69, 9.17) is 4.74 Å². The summed E-state index contributed by atoms with van der Waals surface area (Å²) in [6, 6.07) is 10.0. The van der Waals surface area contributed by atoms with Gasteiger partial charge in [0.05, 0.1) is 25.5 Å². The molecule has 1 aromatic carbocycles. The number of H-pyrrole nitrogens is 1. The second-order valence-corrected chi connectivity index (χ2v) is 5.51. The van der Waals surface area contributed by atoms with Crippen molar-refractivity contribution in [2.24, 2.45) is 0 Å². The molecule has 0 radical (unpaired) electrons. The molecule has 21 heavy (non-hydrogen) atoms. The summed E-state index contributed by atoms with van der Waals surface area (Å²) in [5.41, 5.74) is 3.59. The zero-order valence-electron chi connectivity index (χ0n) is 12.0. The first-order chi connectivity index (χ1) is 10.3. The van der Waals surface area contributed by atoms with Crippen LogP contribution in [-0.2, 0) is 24.3 Å². The van der Waals surface area contributed by atoms with E-state index < -0.39 is 6.10 Å². The number of hydrogen-bond donors (Lipinski definition) is 2. The molecule has 2 heterocycles. The van der Waals surface area contributed by atoms with Gasteiger partial charge in [-0.3, -0.25) is 10.00 Å². The largest absolute Gasteiger partial charge is 0.389 e. The zero-order chi connectivity index (χ0) is 14.5. The highest BCUT2D eigenvalue weighted by Gasteiger charge is 2.19. The number of rotatable bonds is 6. The maximum absolute atomic E-state index is 10.1. The van der Waals surface area contributed by atoms with E-state index >= 15 is 0 Å². The predicted octanol–water partition coefficient (Wildman–Crippen LogP) is 1.35. The molecule has 3 rings (SSSR count). The monoisotopic (exact) mass is 287 g/mol. The highest BCUT2D eigenvalue weighted by Crippen LogP contribution is 2.16. The van der Waals surface area contributed by atoms with Crippen molar-refractivity contribution in [3.8, 4) is 0 Å². The number of fused-ring (bicyclic) bond motifs is 1. The molecule has 5 nitrogen and oxygen atoms in total. The molecule has 5 heteroatoms. The summed E-state index contributed by atoms with van der Waals surface area (Å²) >= 11 is 0. The molecule has 1 aromatic heterocycles. The second kappa shape index (κ2) is 6.85. The van der Waals surface area contributed by atoms with Crippen molar-refractivity contribution in [1.29, 1.82) is 0 Å². The predicted molar refractivity (Wildman–Crippen MR) is 79.7 cm³/mol. The van der Waals surface area contributed by atoms with E-state index in [9.17, 15) is 5.11 Å². The van der Waals surface area contributed by atoms with Gasteiger partial charge in [0.2, 0.25) is 0 Å². The van der Waals surface area contributed by atoms with Gasteiger partial charge in [0.25, 0.3) is 0 Å². The number of nitrogens with one attached hydrogen (secondary N) is 1. The molecular formula is C16H21N3O2. The van der Waals surface area contributed by atoms with Gasteiger partial charge in [0, 0.05) is 37.3 Å². The van der Waals surface area contributed by atoms with Gasteiger partial charge < -0.3 is 9.84 Å². The van der Waals surface area contributed by atoms with E-state index in [1.807, 2.05) is 36.5 Å². The van der Waals surface area contributed by atoms with E-state index in [0.29, 0.717) is 19.8 Å². The van der Waals surface area contributed by atoms with Gasteiger partial charge in [-0.15, -0.1) is 0 Å². The molecule has 2 aromatic rings. The Balaban J connectivity index is 1.40. The van der Waals surface area contributed by atoms with Gasteiger partial charge in [0.1, 0.15) is 0 Å². The third-order valence-electron chi connectivity index (χ3n) is 3.77. The van der Waals surface area contributed by atoms with E-state index in [0.717, 1.165) is 25.1 Å².